The Morgan fingerprint density at radius 1 is 1.05 bits per heavy atom. The molecule has 112 valence electrons. The molecule has 3 unspecified atom stereocenters. The molecule has 0 amide bonds. The highest BCUT2D eigenvalue weighted by molar-refractivity contribution is 5.83. The minimum Gasteiger partial charge on any atom is -0.312 e. The summed E-state index contributed by atoms with van der Waals surface area (Å²) in [6, 6.07) is 15.8. The Hall–Kier alpha value is -1.38. The second-order valence-electron chi connectivity index (χ2n) is 6.62. The average Bonchev–Trinajstić information content (AvgIpc) is 2.82. The van der Waals surface area contributed by atoms with Crippen LogP contribution in [0.4, 0.5) is 0 Å². The van der Waals surface area contributed by atoms with E-state index in [9.17, 15) is 0 Å². The predicted octanol–water partition coefficient (Wildman–Crippen LogP) is 3.69. The van der Waals surface area contributed by atoms with E-state index in [-0.39, 0.29) is 0 Å². The molecule has 3 atom stereocenters. The first-order chi connectivity index (χ1) is 10.2. The topological polar surface area (TPSA) is 15.3 Å². The number of nitrogens with one attached hydrogen (secondary N) is 1. The Kier molecular flexibility index (Phi) is 4.27. The molecule has 0 aliphatic carbocycles. The van der Waals surface area contributed by atoms with Gasteiger partial charge in [0.05, 0.1) is 0 Å². The van der Waals surface area contributed by atoms with Crippen molar-refractivity contribution in [3.05, 3.63) is 48.0 Å². The van der Waals surface area contributed by atoms with Gasteiger partial charge in [-0.25, -0.2) is 0 Å². The fraction of sp³-hybridized carbons (Fsp3) is 0.474. The van der Waals surface area contributed by atoms with Crippen molar-refractivity contribution in [1.29, 1.82) is 0 Å². The molecule has 1 heterocycles. The smallest absolute Gasteiger partial charge is 0.0447 e. The molecular formula is C19H26N2. The van der Waals surface area contributed by atoms with Crippen molar-refractivity contribution in [3.63, 3.8) is 0 Å². The summed E-state index contributed by atoms with van der Waals surface area (Å²) in [4.78, 5) is 2.60. The van der Waals surface area contributed by atoms with Crippen LogP contribution < -0.4 is 5.32 Å². The summed E-state index contributed by atoms with van der Waals surface area (Å²) in [6.45, 7) is 8.30. The lowest BCUT2D eigenvalue weighted by atomic mass is 10.0. The summed E-state index contributed by atoms with van der Waals surface area (Å²) in [5.74, 6) is 1.64. The predicted molar refractivity (Wildman–Crippen MR) is 90.5 cm³/mol. The number of likely N-dealkylation sites (N-methyl/N-ethyl adjacent to an activating group) is 1. The van der Waals surface area contributed by atoms with Gasteiger partial charge in [0.25, 0.3) is 0 Å². The lowest BCUT2D eigenvalue weighted by Crippen LogP contribution is -2.32. The minimum atomic E-state index is 0.409. The van der Waals surface area contributed by atoms with Crippen LogP contribution in [0, 0.1) is 11.8 Å². The highest BCUT2D eigenvalue weighted by Gasteiger charge is 2.27. The van der Waals surface area contributed by atoms with E-state index in [0.717, 1.165) is 18.4 Å². The van der Waals surface area contributed by atoms with Crippen LogP contribution in [0.25, 0.3) is 10.8 Å². The van der Waals surface area contributed by atoms with Crippen LogP contribution in [0.5, 0.6) is 0 Å². The van der Waals surface area contributed by atoms with Gasteiger partial charge in [-0.15, -0.1) is 0 Å². The second kappa shape index (κ2) is 6.17. The molecule has 21 heavy (non-hydrogen) atoms. The fourth-order valence-electron chi connectivity index (χ4n) is 3.44. The van der Waals surface area contributed by atoms with Gasteiger partial charge in [-0.2, -0.15) is 0 Å². The molecule has 2 heteroatoms. The molecule has 1 fully saturated rings. The summed E-state index contributed by atoms with van der Waals surface area (Å²) < 4.78 is 0. The van der Waals surface area contributed by atoms with E-state index in [2.05, 4.69) is 73.6 Å². The van der Waals surface area contributed by atoms with Crippen molar-refractivity contribution in [2.45, 2.75) is 19.9 Å². The Bertz CT molecular complexity index is 597. The van der Waals surface area contributed by atoms with Gasteiger partial charge < -0.3 is 10.2 Å². The molecule has 1 N–H and O–H groups in total. The van der Waals surface area contributed by atoms with Gasteiger partial charge in [0.2, 0.25) is 0 Å². The van der Waals surface area contributed by atoms with Crippen molar-refractivity contribution < 1.29 is 0 Å². The summed E-state index contributed by atoms with van der Waals surface area (Å²) in [5.41, 5.74) is 1.39. The van der Waals surface area contributed by atoms with Gasteiger partial charge in [-0.1, -0.05) is 50.2 Å². The Morgan fingerprint density at radius 2 is 1.71 bits per heavy atom. The van der Waals surface area contributed by atoms with Crippen LogP contribution in [0.3, 0.4) is 0 Å². The molecule has 0 spiro atoms. The third-order valence-electron chi connectivity index (χ3n) is 5.03. The molecule has 0 radical (unpaired) electrons. The molecule has 1 saturated heterocycles. The summed E-state index contributed by atoms with van der Waals surface area (Å²) >= 11 is 0. The van der Waals surface area contributed by atoms with Crippen LogP contribution >= 0.6 is 0 Å². The van der Waals surface area contributed by atoms with Gasteiger partial charge >= 0.3 is 0 Å². The number of benzene rings is 2. The van der Waals surface area contributed by atoms with Gasteiger partial charge in [0.1, 0.15) is 0 Å². The first-order valence-corrected chi connectivity index (χ1v) is 8.05. The van der Waals surface area contributed by atoms with Crippen LogP contribution in [-0.2, 0) is 0 Å². The van der Waals surface area contributed by atoms with E-state index in [1.165, 1.54) is 29.4 Å². The average molecular weight is 282 g/mol. The molecule has 2 nitrogen and oxygen atoms in total. The summed E-state index contributed by atoms with van der Waals surface area (Å²) in [6.07, 6.45) is 0. The fourth-order valence-corrected chi connectivity index (χ4v) is 3.44. The zero-order valence-electron chi connectivity index (χ0n) is 13.3. The summed E-state index contributed by atoms with van der Waals surface area (Å²) in [7, 11) is 2.07. The van der Waals surface area contributed by atoms with Crippen molar-refractivity contribution in [2.75, 3.05) is 26.7 Å². The first-order valence-electron chi connectivity index (χ1n) is 8.05. The van der Waals surface area contributed by atoms with Gasteiger partial charge in [-0.3, -0.25) is 0 Å². The van der Waals surface area contributed by atoms with Crippen LogP contribution in [-0.4, -0.2) is 31.6 Å². The van der Waals surface area contributed by atoms with Crippen LogP contribution in [0.15, 0.2) is 42.5 Å². The first kappa shape index (κ1) is 14.6. The van der Waals surface area contributed by atoms with Gasteiger partial charge in [-0.05, 0) is 41.3 Å². The molecule has 0 bridgehead atoms. The Labute approximate surface area is 128 Å². The SMILES string of the molecule is CNC(CN1CC(C)C(C)C1)c1ccc2ccccc2c1. The maximum atomic E-state index is 3.50. The third-order valence-corrected chi connectivity index (χ3v) is 5.03. The molecule has 1 aliphatic heterocycles. The number of fused-ring (bicyclic) bond motifs is 1. The van der Waals surface area contributed by atoms with Crippen LogP contribution in [0.1, 0.15) is 25.5 Å². The van der Waals surface area contributed by atoms with Crippen molar-refractivity contribution in [1.82, 2.24) is 10.2 Å². The molecule has 0 aromatic heterocycles. The van der Waals surface area contributed by atoms with Crippen molar-refractivity contribution >= 4 is 10.8 Å². The van der Waals surface area contributed by atoms with E-state index in [1.807, 2.05) is 0 Å². The standard InChI is InChI=1S/C19H26N2/c1-14-11-21(12-15(14)2)13-19(20-3)18-9-8-16-6-4-5-7-17(16)10-18/h4-10,14-15,19-20H,11-13H2,1-3H3. The van der Waals surface area contributed by atoms with E-state index >= 15 is 0 Å². The highest BCUT2D eigenvalue weighted by Crippen LogP contribution is 2.26. The molecule has 3 rings (SSSR count). The molecule has 2 aromatic rings. The van der Waals surface area contributed by atoms with E-state index < -0.39 is 0 Å². The second-order valence-corrected chi connectivity index (χ2v) is 6.62. The lowest BCUT2D eigenvalue weighted by molar-refractivity contribution is 0.287. The minimum absolute atomic E-state index is 0.409. The Morgan fingerprint density at radius 3 is 2.38 bits per heavy atom. The normalized spacial score (nSPS) is 24.5. The van der Waals surface area contributed by atoms with E-state index in [1.54, 1.807) is 0 Å². The van der Waals surface area contributed by atoms with E-state index in [4.69, 9.17) is 0 Å². The molecular weight excluding hydrogens is 256 g/mol. The van der Waals surface area contributed by atoms with Crippen LogP contribution in [0.2, 0.25) is 0 Å². The largest absolute Gasteiger partial charge is 0.312 e. The van der Waals surface area contributed by atoms with Gasteiger partial charge in [0.15, 0.2) is 0 Å². The quantitative estimate of drug-likeness (QED) is 0.920. The molecule has 2 aromatic carbocycles. The summed E-state index contributed by atoms with van der Waals surface area (Å²) in [5, 5.41) is 6.15. The zero-order valence-corrected chi connectivity index (χ0v) is 13.3. The van der Waals surface area contributed by atoms with Crippen molar-refractivity contribution in [2.24, 2.45) is 11.8 Å². The monoisotopic (exact) mass is 282 g/mol. The van der Waals surface area contributed by atoms with E-state index in [0.29, 0.717) is 6.04 Å². The number of hydrogen-bond donors (Lipinski definition) is 1. The van der Waals surface area contributed by atoms with Gasteiger partial charge in [0, 0.05) is 25.7 Å². The third kappa shape index (κ3) is 3.12. The highest BCUT2D eigenvalue weighted by atomic mass is 15.2. The zero-order chi connectivity index (χ0) is 14.8. The number of nitrogens with zero attached hydrogens (tertiary/aromatic N) is 1. The lowest BCUT2D eigenvalue weighted by Gasteiger charge is -2.24. The maximum Gasteiger partial charge on any atom is 0.0447 e. The van der Waals surface area contributed by atoms with Crippen molar-refractivity contribution in [3.8, 4) is 0 Å². The number of hydrogen-bond acceptors (Lipinski definition) is 2. The molecule has 1 aliphatic rings. The molecule has 0 saturated carbocycles. The Balaban J connectivity index is 1.78. The number of likely N-dealkylation sites (tertiary alicyclic amines) is 1. The maximum absolute atomic E-state index is 3.50. The number of rotatable bonds is 4.